The quantitative estimate of drug-likeness (QED) is 0.684. The van der Waals surface area contributed by atoms with Crippen LogP contribution in [0.1, 0.15) is 42.1 Å². The maximum atomic E-state index is 4.38. The van der Waals surface area contributed by atoms with Crippen molar-refractivity contribution in [2.24, 2.45) is 5.92 Å². The highest BCUT2D eigenvalue weighted by Gasteiger charge is 2.27. The molecule has 0 saturated heterocycles. The third-order valence-corrected chi connectivity index (χ3v) is 5.31. The van der Waals surface area contributed by atoms with Gasteiger partial charge in [-0.15, -0.1) is 0 Å². The first kappa shape index (κ1) is 17.0. The zero-order chi connectivity index (χ0) is 17.1. The normalized spacial score (nSPS) is 17.8. The number of rotatable bonds is 5. The molecule has 0 fully saturated rings. The van der Waals surface area contributed by atoms with Crippen molar-refractivity contribution in [2.75, 3.05) is 13.6 Å². The molecule has 0 bridgehead atoms. The first-order valence-electron chi connectivity index (χ1n) is 9.11. The van der Waals surface area contributed by atoms with Crippen LogP contribution in [-0.4, -0.2) is 18.5 Å². The van der Waals surface area contributed by atoms with Crippen LogP contribution in [0, 0.1) is 5.92 Å². The van der Waals surface area contributed by atoms with E-state index >= 15 is 0 Å². The first-order chi connectivity index (χ1) is 11.6. The van der Waals surface area contributed by atoms with Crippen molar-refractivity contribution in [2.45, 2.75) is 39.2 Å². The predicted octanol–water partition coefficient (Wildman–Crippen LogP) is 5.21. The van der Waals surface area contributed by atoms with Crippen molar-refractivity contribution in [3.8, 4) is 0 Å². The molecule has 1 atom stereocenters. The Labute approximate surface area is 147 Å². The molecule has 1 aliphatic rings. The molecule has 2 aromatic rings. The van der Waals surface area contributed by atoms with Gasteiger partial charge in [0.2, 0.25) is 0 Å². The number of nitrogens with zero attached hydrogens (tertiary/aromatic N) is 1. The van der Waals surface area contributed by atoms with Crippen LogP contribution in [0.25, 0.3) is 0 Å². The molecule has 0 aliphatic carbocycles. The zero-order valence-corrected chi connectivity index (χ0v) is 15.3. The summed E-state index contributed by atoms with van der Waals surface area (Å²) in [6.07, 6.45) is 3.37. The lowest BCUT2D eigenvalue weighted by Crippen LogP contribution is -2.34. The van der Waals surface area contributed by atoms with Crippen molar-refractivity contribution in [1.29, 1.82) is 0 Å². The van der Waals surface area contributed by atoms with Crippen molar-refractivity contribution in [3.63, 3.8) is 0 Å². The van der Waals surface area contributed by atoms with E-state index in [0.29, 0.717) is 12.0 Å². The molecule has 0 saturated carbocycles. The molecule has 1 nitrogen and oxygen atoms in total. The maximum Gasteiger partial charge on any atom is 0.0561 e. The van der Waals surface area contributed by atoms with Crippen molar-refractivity contribution in [1.82, 2.24) is 4.90 Å². The Balaban J connectivity index is 1.79. The lowest BCUT2D eigenvalue weighted by atomic mass is 9.84. The molecule has 1 heteroatoms. The number of fused-ring (bicyclic) bond motifs is 1. The summed E-state index contributed by atoms with van der Waals surface area (Å²) < 4.78 is 0. The Morgan fingerprint density at radius 3 is 2.50 bits per heavy atom. The number of hydrogen-bond acceptors (Lipinski definition) is 1. The van der Waals surface area contributed by atoms with E-state index in [4.69, 9.17) is 0 Å². The van der Waals surface area contributed by atoms with Crippen LogP contribution in [0.3, 0.4) is 0 Å². The summed E-state index contributed by atoms with van der Waals surface area (Å²) in [5.41, 5.74) is 7.18. The van der Waals surface area contributed by atoms with Crippen molar-refractivity contribution in [3.05, 3.63) is 82.9 Å². The summed E-state index contributed by atoms with van der Waals surface area (Å²) in [4.78, 5) is 2.45. The van der Waals surface area contributed by atoms with Crippen LogP contribution in [0.2, 0.25) is 0 Å². The summed E-state index contributed by atoms with van der Waals surface area (Å²) in [5.74, 6) is 0.515. The second-order valence-corrected chi connectivity index (χ2v) is 7.38. The number of benzene rings is 2. The first-order valence-corrected chi connectivity index (χ1v) is 9.11. The third kappa shape index (κ3) is 3.62. The Hall–Kier alpha value is -1.86. The van der Waals surface area contributed by atoms with E-state index in [2.05, 4.69) is 80.9 Å². The van der Waals surface area contributed by atoms with E-state index < -0.39 is 0 Å². The van der Waals surface area contributed by atoms with E-state index in [-0.39, 0.29) is 0 Å². The third-order valence-electron chi connectivity index (χ3n) is 5.31. The van der Waals surface area contributed by atoms with Gasteiger partial charge >= 0.3 is 0 Å². The van der Waals surface area contributed by atoms with Gasteiger partial charge in [-0.3, -0.25) is 4.90 Å². The van der Waals surface area contributed by atoms with Crippen LogP contribution in [0.4, 0.5) is 0 Å². The lowest BCUT2D eigenvalue weighted by molar-refractivity contribution is 0.251. The topological polar surface area (TPSA) is 3.24 Å². The number of hydrogen-bond donors (Lipinski definition) is 0. The molecule has 24 heavy (non-hydrogen) atoms. The van der Waals surface area contributed by atoms with Crippen LogP contribution in [0.5, 0.6) is 0 Å². The minimum Gasteiger partial charge on any atom is -0.295 e. The summed E-state index contributed by atoms with van der Waals surface area (Å²) in [6.45, 7) is 10.00. The molecule has 3 rings (SSSR count). The van der Waals surface area contributed by atoms with E-state index in [1.54, 1.807) is 0 Å². The van der Waals surface area contributed by atoms with Crippen molar-refractivity contribution >= 4 is 0 Å². The Morgan fingerprint density at radius 2 is 1.79 bits per heavy atom. The average Bonchev–Trinajstić information content (AvgIpc) is 2.60. The molecule has 0 radical (unpaired) electrons. The highest BCUT2D eigenvalue weighted by molar-refractivity contribution is 5.40. The highest BCUT2D eigenvalue weighted by atomic mass is 15.1. The van der Waals surface area contributed by atoms with Gasteiger partial charge in [0.15, 0.2) is 0 Å². The monoisotopic (exact) mass is 319 g/mol. The molecule has 1 heterocycles. The standard InChI is InChI=1S/C23H29N/c1-17(2)18(3)23-22-13-12-20(16-21(22)14-15-24(23)4)11-10-19-8-6-5-7-9-19/h5-9,12-13,16-17,23H,3,10-11,14-15H2,1-2,4H3. The summed E-state index contributed by atoms with van der Waals surface area (Å²) in [6, 6.07) is 18.3. The molecule has 0 spiro atoms. The summed E-state index contributed by atoms with van der Waals surface area (Å²) in [7, 11) is 2.23. The van der Waals surface area contributed by atoms with Gasteiger partial charge in [0.1, 0.15) is 0 Å². The van der Waals surface area contributed by atoms with Gasteiger partial charge in [0.05, 0.1) is 6.04 Å². The highest BCUT2D eigenvalue weighted by Crippen LogP contribution is 2.36. The molecule has 1 aliphatic heterocycles. The fraction of sp³-hybridized carbons (Fsp3) is 0.391. The van der Waals surface area contributed by atoms with E-state index in [1.165, 1.54) is 27.8 Å². The van der Waals surface area contributed by atoms with Crippen LogP contribution < -0.4 is 0 Å². The number of likely N-dealkylation sites (N-methyl/N-ethyl adjacent to an activating group) is 1. The Kier molecular flexibility index (Phi) is 5.20. The smallest absolute Gasteiger partial charge is 0.0561 e. The van der Waals surface area contributed by atoms with Gasteiger partial charge < -0.3 is 0 Å². The summed E-state index contributed by atoms with van der Waals surface area (Å²) in [5, 5.41) is 0. The predicted molar refractivity (Wildman–Crippen MR) is 103 cm³/mol. The Bertz CT molecular complexity index is 699. The largest absolute Gasteiger partial charge is 0.295 e. The lowest BCUT2D eigenvalue weighted by Gasteiger charge is -2.37. The van der Waals surface area contributed by atoms with Crippen LogP contribution in [-0.2, 0) is 19.3 Å². The van der Waals surface area contributed by atoms with Gasteiger partial charge in [-0.25, -0.2) is 0 Å². The van der Waals surface area contributed by atoms with Gasteiger partial charge in [-0.05, 0) is 54.5 Å². The average molecular weight is 319 g/mol. The summed E-state index contributed by atoms with van der Waals surface area (Å²) >= 11 is 0. The van der Waals surface area contributed by atoms with Crippen LogP contribution >= 0.6 is 0 Å². The molecular formula is C23H29N. The van der Waals surface area contributed by atoms with Gasteiger partial charge in [-0.2, -0.15) is 0 Å². The second-order valence-electron chi connectivity index (χ2n) is 7.38. The number of aryl methyl sites for hydroxylation is 2. The molecule has 126 valence electrons. The fourth-order valence-corrected chi connectivity index (χ4v) is 3.69. The molecule has 0 amide bonds. The molecule has 2 aromatic carbocycles. The minimum absolute atomic E-state index is 0.372. The zero-order valence-electron chi connectivity index (χ0n) is 15.3. The molecular weight excluding hydrogens is 290 g/mol. The van der Waals surface area contributed by atoms with E-state index in [0.717, 1.165) is 25.8 Å². The van der Waals surface area contributed by atoms with Crippen molar-refractivity contribution < 1.29 is 0 Å². The minimum atomic E-state index is 0.372. The molecule has 1 unspecified atom stereocenters. The van der Waals surface area contributed by atoms with E-state index in [1.807, 2.05) is 0 Å². The molecule has 0 N–H and O–H groups in total. The van der Waals surface area contributed by atoms with Gasteiger partial charge in [-0.1, -0.05) is 74.5 Å². The fourth-order valence-electron chi connectivity index (χ4n) is 3.69. The van der Waals surface area contributed by atoms with Gasteiger partial charge in [0.25, 0.3) is 0 Å². The van der Waals surface area contributed by atoms with E-state index in [9.17, 15) is 0 Å². The molecule has 0 aromatic heterocycles. The van der Waals surface area contributed by atoms with Crippen LogP contribution in [0.15, 0.2) is 60.7 Å². The SMILES string of the molecule is C=C(C(C)C)C1c2ccc(CCc3ccccc3)cc2CCN1C. The van der Waals surface area contributed by atoms with Gasteiger partial charge in [0, 0.05) is 6.54 Å². The Morgan fingerprint density at radius 1 is 1.08 bits per heavy atom. The second kappa shape index (κ2) is 7.36. The maximum absolute atomic E-state index is 4.38.